The summed E-state index contributed by atoms with van der Waals surface area (Å²) < 4.78 is 12.8. The van der Waals surface area contributed by atoms with E-state index in [0.29, 0.717) is 24.8 Å². The summed E-state index contributed by atoms with van der Waals surface area (Å²) in [4.78, 5) is 16.8. The Morgan fingerprint density at radius 3 is 2.88 bits per heavy atom. The van der Waals surface area contributed by atoms with Crippen LogP contribution in [-0.4, -0.2) is 59.2 Å². The van der Waals surface area contributed by atoms with Gasteiger partial charge in [-0.05, 0) is 49.1 Å². The fraction of sp³-hybridized carbons (Fsp3) is 0.375. The van der Waals surface area contributed by atoms with Gasteiger partial charge in [-0.2, -0.15) is 5.10 Å². The number of nitrogens with one attached hydrogen (secondary N) is 2. The number of ether oxygens (including phenoxy) is 2. The van der Waals surface area contributed by atoms with Crippen molar-refractivity contribution in [2.45, 2.75) is 38.0 Å². The largest absolute Gasteiger partial charge is 0.377 e. The van der Waals surface area contributed by atoms with Gasteiger partial charge in [0.25, 0.3) is 5.91 Å². The number of amides is 1. The predicted octanol–water partition coefficient (Wildman–Crippen LogP) is 2.96. The number of carbonyl (C=O) groups is 1. The minimum Gasteiger partial charge on any atom is -0.377 e. The summed E-state index contributed by atoms with van der Waals surface area (Å²) in [6, 6.07) is 8.21. The number of hydrogen-bond acceptors (Lipinski definition) is 6. The van der Waals surface area contributed by atoms with E-state index in [1.807, 2.05) is 43.6 Å². The lowest BCUT2D eigenvalue weighted by molar-refractivity contribution is 0.0795. The average Bonchev–Trinajstić information content (AvgIpc) is 3.29. The van der Waals surface area contributed by atoms with Crippen molar-refractivity contribution in [3.05, 3.63) is 60.2 Å². The zero-order valence-electron chi connectivity index (χ0n) is 18.2. The molecule has 0 spiro atoms. The van der Waals surface area contributed by atoms with Crippen molar-refractivity contribution in [1.82, 2.24) is 20.1 Å². The van der Waals surface area contributed by atoms with Crippen LogP contribution in [-0.2, 0) is 9.47 Å². The molecule has 1 saturated carbocycles. The molecule has 5 rings (SSSR count). The highest BCUT2D eigenvalue weighted by atomic mass is 16.5. The van der Waals surface area contributed by atoms with Crippen LogP contribution in [0.5, 0.6) is 0 Å². The number of nitrogens with zero attached hydrogens (tertiary/aromatic N) is 3. The number of methoxy groups -OCH3 is 1. The van der Waals surface area contributed by atoms with Gasteiger partial charge in [0.15, 0.2) is 0 Å². The summed E-state index contributed by atoms with van der Waals surface area (Å²) in [6.45, 7) is 3.22. The molecule has 1 aromatic carbocycles. The SMILES string of the molecule is CO[C@H]1COC[C@@H]1Nc1cncc(-n2cc(-c3cc(C(=O)NC4CC4)ccc3C)cn2)c1. The van der Waals surface area contributed by atoms with Crippen LogP contribution in [0.4, 0.5) is 5.69 Å². The van der Waals surface area contributed by atoms with Crippen molar-refractivity contribution < 1.29 is 14.3 Å². The summed E-state index contributed by atoms with van der Waals surface area (Å²) in [5.41, 5.74) is 5.43. The molecule has 0 bridgehead atoms. The van der Waals surface area contributed by atoms with E-state index >= 15 is 0 Å². The fourth-order valence-electron chi connectivity index (χ4n) is 3.92. The molecule has 0 unspecified atom stereocenters. The smallest absolute Gasteiger partial charge is 0.251 e. The Morgan fingerprint density at radius 2 is 2.06 bits per heavy atom. The first-order chi connectivity index (χ1) is 15.6. The number of carbonyl (C=O) groups excluding carboxylic acids is 1. The normalized spacial score (nSPS) is 20.3. The van der Waals surface area contributed by atoms with Gasteiger partial charge in [-0.3, -0.25) is 9.78 Å². The molecule has 3 aromatic rings. The number of rotatable bonds is 7. The van der Waals surface area contributed by atoms with Gasteiger partial charge in [-0.25, -0.2) is 4.68 Å². The predicted molar refractivity (Wildman–Crippen MR) is 121 cm³/mol. The highest BCUT2D eigenvalue weighted by Crippen LogP contribution is 2.27. The summed E-state index contributed by atoms with van der Waals surface area (Å²) in [5.74, 6) is -0.0191. The first kappa shape index (κ1) is 20.7. The van der Waals surface area contributed by atoms with Crippen LogP contribution in [0.25, 0.3) is 16.8 Å². The van der Waals surface area contributed by atoms with E-state index in [2.05, 4.69) is 20.7 Å². The minimum atomic E-state index is -0.0191. The zero-order valence-corrected chi connectivity index (χ0v) is 18.2. The summed E-state index contributed by atoms with van der Waals surface area (Å²) in [7, 11) is 1.69. The maximum atomic E-state index is 12.5. The van der Waals surface area contributed by atoms with Gasteiger partial charge in [-0.1, -0.05) is 6.07 Å². The molecule has 2 aromatic heterocycles. The molecule has 8 heteroatoms. The molecular formula is C24H27N5O3. The number of aromatic nitrogens is 3. The molecule has 166 valence electrons. The second-order valence-electron chi connectivity index (χ2n) is 8.45. The summed E-state index contributed by atoms with van der Waals surface area (Å²) in [5, 5.41) is 11.0. The maximum Gasteiger partial charge on any atom is 0.251 e. The van der Waals surface area contributed by atoms with Crippen LogP contribution in [0.3, 0.4) is 0 Å². The van der Waals surface area contributed by atoms with E-state index in [1.54, 1.807) is 24.2 Å². The molecule has 1 aliphatic carbocycles. The van der Waals surface area contributed by atoms with Crippen LogP contribution < -0.4 is 10.6 Å². The Bertz CT molecular complexity index is 1120. The van der Waals surface area contributed by atoms with E-state index in [1.165, 1.54) is 0 Å². The zero-order chi connectivity index (χ0) is 22.1. The minimum absolute atomic E-state index is 0.0160. The topological polar surface area (TPSA) is 90.3 Å². The van der Waals surface area contributed by atoms with E-state index in [4.69, 9.17) is 9.47 Å². The third kappa shape index (κ3) is 4.37. The lowest BCUT2D eigenvalue weighted by Crippen LogP contribution is -2.33. The Labute approximate surface area is 186 Å². The quantitative estimate of drug-likeness (QED) is 0.595. The van der Waals surface area contributed by atoms with Gasteiger partial charge in [0.1, 0.15) is 6.10 Å². The lowest BCUT2D eigenvalue weighted by Gasteiger charge is -2.18. The van der Waals surface area contributed by atoms with Crippen LogP contribution in [0.2, 0.25) is 0 Å². The molecular weight excluding hydrogens is 406 g/mol. The number of anilines is 1. The van der Waals surface area contributed by atoms with Crippen molar-refractivity contribution in [2.75, 3.05) is 25.6 Å². The Morgan fingerprint density at radius 1 is 1.19 bits per heavy atom. The molecule has 32 heavy (non-hydrogen) atoms. The van der Waals surface area contributed by atoms with Gasteiger partial charge in [0.05, 0.1) is 49.2 Å². The molecule has 1 saturated heterocycles. The van der Waals surface area contributed by atoms with Crippen molar-refractivity contribution in [3.63, 3.8) is 0 Å². The van der Waals surface area contributed by atoms with Crippen molar-refractivity contribution in [2.24, 2.45) is 0 Å². The maximum absolute atomic E-state index is 12.5. The number of benzene rings is 1. The number of pyridine rings is 1. The third-order valence-corrected chi connectivity index (χ3v) is 5.98. The second-order valence-corrected chi connectivity index (χ2v) is 8.45. The first-order valence-corrected chi connectivity index (χ1v) is 10.9. The van der Waals surface area contributed by atoms with E-state index in [0.717, 1.165) is 40.9 Å². The van der Waals surface area contributed by atoms with Crippen molar-refractivity contribution >= 4 is 11.6 Å². The molecule has 2 fully saturated rings. The van der Waals surface area contributed by atoms with Gasteiger partial charge >= 0.3 is 0 Å². The van der Waals surface area contributed by atoms with Gasteiger partial charge in [0, 0.05) is 30.5 Å². The lowest BCUT2D eigenvalue weighted by atomic mass is 10.0. The Balaban J connectivity index is 1.36. The molecule has 8 nitrogen and oxygen atoms in total. The number of aryl methyl sites for hydroxylation is 1. The molecule has 3 heterocycles. The van der Waals surface area contributed by atoms with Gasteiger partial charge in [0.2, 0.25) is 0 Å². The standard InChI is InChI=1S/C24H27N5O3/c1-15-3-4-16(24(30)28-18-5-6-18)7-21(15)17-9-26-29(12-17)20-8-19(10-25-11-20)27-22-13-32-14-23(22)31-2/h3-4,7-12,18,22-23,27H,5-6,13-14H2,1-2H3,(H,28,30)/t22-,23-/m0/s1. The summed E-state index contributed by atoms with van der Waals surface area (Å²) in [6.07, 6.45) is 9.48. The number of hydrogen-bond donors (Lipinski definition) is 2. The molecule has 2 aliphatic rings. The third-order valence-electron chi connectivity index (χ3n) is 5.98. The van der Waals surface area contributed by atoms with E-state index in [9.17, 15) is 4.79 Å². The second kappa shape index (κ2) is 8.72. The average molecular weight is 434 g/mol. The molecule has 2 N–H and O–H groups in total. The molecule has 1 amide bonds. The fourth-order valence-corrected chi connectivity index (χ4v) is 3.92. The van der Waals surface area contributed by atoms with Gasteiger partial charge in [-0.15, -0.1) is 0 Å². The van der Waals surface area contributed by atoms with Gasteiger partial charge < -0.3 is 20.1 Å². The van der Waals surface area contributed by atoms with Crippen LogP contribution >= 0.6 is 0 Å². The summed E-state index contributed by atoms with van der Waals surface area (Å²) >= 11 is 0. The monoisotopic (exact) mass is 433 g/mol. The highest BCUT2D eigenvalue weighted by Gasteiger charge is 2.28. The van der Waals surface area contributed by atoms with Crippen LogP contribution in [0.1, 0.15) is 28.8 Å². The van der Waals surface area contributed by atoms with Crippen LogP contribution in [0.15, 0.2) is 49.1 Å². The molecule has 2 atom stereocenters. The first-order valence-electron chi connectivity index (χ1n) is 10.9. The van der Waals surface area contributed by atoms with E-state index in [-0.39, 0.29) is 18.1 Å². The Kier molecular flexibility index (Phi) is 5.63. The molecule has 0 radical (unpaired) electrons. The van der Waals surface area contributed by atoms with Crippen molar-refractivity contribution in [1.29, 1.82) is 0 Å². The van der Waals surface area contributed by atoms with Crippen molar-refractivity contribution in [3.8, 4) is 16.8 Å². The highest BCUT2D eigenvalue weighted by molar-refractivity contribution is 5.96. The van der Waals surface area contributed by atoms with Crippen LogP contribution in [0, 0.1) is 6.92 Å². The Hall–Kier alpha value is -3.23. The molecule has 1 aliphatic heterocycles. The van der Waals surface area contributed by atoms with E-state index < -0.39 is 0 Å².